The third-order valence-electron chi connectivity index (χ3n) is 4.82. The molecule has 2 aromatic heterocycles. The Morgan fingerprint density at radius 3 is 2.70 bits per heavy atom. The van der Waals surface area contributed by atoms with Crippen molar-refractivity contribution < 1.29 is 23.8 Å². The lowest BCUT2D eigenvalue weighted by atomic mass is 10.1. The molecule has 0 saturated heterocycles. The van der Waals surface area contributed by atoms with Gasteiger partial charge in [0.2, 0.25) is 17.9 Å². The van der Waals surface area contributed by atoms with Gasteiger partial charge in [-0.1, -0.05) is 11.8 Å². The molecule has 3 heterocycles. The van der Waals surface area contributed by atoms with Crippen LogP contribution in [-0.2, 0) is 9.53 Å². The van der Waals surface area contributed by atoms with E-state index in [0.29, 0.717) is 39.2 Å². The molecule has 0 saturated carbocycles. The van der Waals surface area contributed by atoms with Gasteiger partial charge in [0.25, 0.3) is 0 Å². The zero-order valence-corrected chi connectivity index (χ0v) is 18.2. The molecule has 0 fully saturated rings. The molecule has 10 nitrogen and oxygen atoms in total. The first-order valence-corrected chi connectivity index (χ1v) is 10.8. The van der Waals surface area contributed by atoms with E-state index in [4.69, 9.17) is 9.47 Å². The number of esters is 1. The molecule has 4 aromatic rings. The molecule has 0 spiro atoms. The lowest BCUT2D eigenvalue weighted by Gasteiger charge is -2.06. The Bertz CT molecular complexity index is 1360. The molecule has 1 aliphatic heterocycles. The number of thioether (sulfide) groups is 1. The number of carbonyl (C=O) groups is 2. The first kappa shape index (κ1) is 20.8. The minimum Gasteiger partial charge on any atom is -0.465 e. The smallest absolute Gasteiger partial charge is 0.337 e. The molecule has 0 unspecified atom stereocenters. The number of nitrogens with one attached hydrogen (secondary N) is 1. The number of amides is 1. The topological polar surface area (TPSA) is 117 Å². The fourth-order valence-electron chi connectivity index (χ4n) is 3.20. The molecule has 33 heavy (non-hydrogen) atoms. The highest BCUT2D eigenvalue weighted by Crippen LogP contribution is 2.35. The first-order chi connectivity index (χ1) is 16.1. The van der Waals surface area contributed by atoms with E-state index in [9.17, 15) is 9.59 Å². The largest absolute Gasteiger partial charge is 0.465 e. The quantitative estimate of drug-likeness (QED) is 0.340. The van der Waals surface area contributed by atoms with E-state index in [0.717, 1.165) is 5.56 Å². The van der Waals surface area contributed by atoms with Gasteiger partial charge in [0.05, 0.1) is 24.1 Å². The van der Waals surface area contributed by atoms with E-state index in [1.807, 2.05) is 30.3 Å². The number of anilines is 1. The molecule has 1 amide bonds. The SMILES string of the molecule is COC(=O)c1ccc(NC(=O)CSc2nnc3ccc(-c4ccc5c(c4)OCO5)nn23)cc1. The van der Waals surface area contributed by atoms with Crippen LogP contribution in [0.5, 0.6) is 11.5 Å². The van der Waals surface area contributed by atoms with Crippen molar-refractivity contribution in [1.29, 1.82) is 0 Å². The van der Waals surface area contributed by atoms with Crippen molar-refractivity contribution >= 4 is 35.0 Å². The molecule has 5 rings (SSSR count). The van der Waals surface area contributed by atoms with E-state index in [-0.39, 0.29) is 18.5 Å². The summed E-state index contributed by atoms with van der Waals surface area (Å²) in [4.78, 5) is 23.9. The fourth-order valence-corrected chi connectivity index (χ4v) is 3.89. The number of rotatable bonds is 6. The highest BCUT2D eigenvalue weighted by molar-refractivity contribution is 7.99. The zero-order valence-electron chi connectivity index (χ0n) is 17.3. The molecule has 0 atom stereocenters. The predicted molar refractivity (Wildman–Crippen MR) is 119 cm³/mol. The molecule has 0 bridgehead atoms. The zero-order chi connectivity index (χ0) is 22.8. The molecule has 11 heteroatoms. The maximum absolute atomic E-state index is 12.4. The van der Waals surface area contributed by atoms with Gasteiger partial charge in [-0.3, -0.25) is 4.79 Å². The summed E-state index contributed by atoms with van der Waals surface area (Å²) in [6.45, 7) is 0.203. The second-order valence-corrected chi connectivity index (χ2v) is 7.89. The summed E-state index contributed by atoms with van der Waals surface area (Å²) in [7, 11) is 1.32. The van der Waals surface area contributed by atoms with Crippen LogP contribution in [0.3, 0.4) is 0 Å². The summed E-state index contributed by atoms with van der Waals surface area (Å²) in [5, 5.41) is 16.2. The van der Waals surface area contributed by atoms with Crippen LogP contribution >= 0.6 is 11.8 Å². The number of nitrogens with zero attached hydrogens (tertiary/aromatic N) is 4. The van der Waals surface area contributed by atoms with Gasteiger partial charge in [-0.15, -0.1) is 10.2 Å². The van der Waals surface area contributed by atoms with Crippen LogP contribution in [-0.4, -0.2) is 51.3 Å². The minimum atomic E-state index is -0.435. The normalized spacial score (nSPS) is 12.0. The van der Waals surface area contributed by atoms with Crippen LogP contribution < -0.4 is 14.8 Å². The fraction of sp³-hybridized carbons (Fsp3) is 0.136. The Morgan fingerprint density at radius 1 is 1.06 bits per heavy atom. The number of benzene rings is 2. The summed E-state index contributed by atoms with van der Waals surface area (Å²) in [5.74, 6) is 0.815. The van der Waals surface area contributed by atoms with E-state index < -0.39 is 5.97 Å². The molecule has 2 aromatic carbocycles. The number of methoxy groups -OCH3 is 1. The summed E-state index contributed by atoms with van der Waals surface area (Å²) in [6.07, 6.45) is 0. The van der Waals surface area contributed by atoms with Gasteiger partial charge in [-0.2, -0.15) is 9.61 Å². The van der Waals surface area contributed by atoms with Crippen molar-refractivity contribution in [3.8, 4) is 22.8 Å². The Kier molecular flexibility index (Phi) is 5.53. The Hall–Kier alpha value is -4.12. The van der Waals surface area contributed by atoms with Crippen LogP contribution in [0, 0.1) is 0 Å². The lowest BCUT2D eigenvalue weighted by molar-refractivity contribution is -0.113. The van der Waals surface area contributed by atoms with Crippen molar-refractivity contribution in [2.45, 2.75) is 5.16 Å². The monoisotopic (exact) mass is 463 g/mol. The maximum Gasteiger partial charge on any atom is 0.337 e. The van der Waals surface area contributed by atoms with Crippen LogP contribution in [0.25, 0.3) is 16.9 Å². The van der Waals surface area contributed by atoms with Gasteiger partial charge in [-0.25, -0.2) is 4.79 Å². The predicted octanol–water partition coefficient (Wildman–Crippen LogP) is 3.04. The van der Waals surface area contributed by atoms with Gasteiger partial charge < -0.3 is 19.5 Å². The van der Waals surface area contributed by atoms with Crippen molar-refractivity contribution in [3.63, 3.8) is 0 Å². The number of fused-ring (bicyclic) bond motifs is 2. The number of carbonyl (C=O) groups excluding carboxylic acids is 2. The molecular weight excluding hydrogens is 446 g/mol. The number of hydrogen-bond acceptors (Lipinski definition) is 9. The van der Waals surface area contributed by atoms with Gasteiger partial charge in [0.1, 0.15) is 0 Å². The first-order valence-electron chi connectivity index (χ1n) is 9.84. The highest BCUT2D eigenvalue weighted by atomic mass is 32.2. The van der Waals surface area contributed by atoms with Crippen LogP contribution in [0.4, 0.5) is 5.69 Å². The van der Waals surface area contributed by atoms with Gasteiger partial charge in [0, 0.05) is 11.3 Å². The summed E-state index contributed by atoms with van der Waals surface area (Å²) in [6, 6.07) is 15.7. The number of ether oxygens (including phenoxy) is 3. The molecule has 0 aliphatic carbocycles. The van der Waals surface area contributed by atoms with Crippen molar-refractivity contribution in [2.24, 2.45) is 0 Å². The van der Waals surface area contributed by atoms with E-state index in [2.05, 4.69) is 25.3 Å². The van der Waals surface area contributed by atoms with Gasteiger partial charge in [0.15, 0.2) is 17.1 Å². The number of hydrogen-bond donors (Lipinski definition) is 1. The molecule has 1 aliphatic rings. The maximum atomic E-state index is 12.4. The lowest BCUT2D eigenvalue weighted by Crippen LogP contribution is -2.14. The molecule has 1 N–H and O–H groups in total. The second-order valence-electron chi connectivity index (χ2n) is 6.94. The van der Waals surface area contributed by atoms with Crippen molar-refractivity contribution in [2.75, 3.05) is 25.0 Å². The third kappa shape index (κ3) is 4.30. The summed E-state index contributed by atoms with van der Waals surface area (Å²) in [5.41, 5.74) is 3.11. The molecule has 166 valence electrons. The summed E-state index contributed by atoms with van der Waals surface area (Å²) < 4.78 is 17.1. The van der Waals surface area contributed by atoms with Crippen molar-refractivity contribution in [1.82, 2.24) is 19.8 Å². The Labute approximate surface area is 191 Å². The summed E-state index contributed by atoms with van der Waals surface area (Å²) >= 11 is 1.22. The highest BCUT2D eigenvalue weighted by Gasteiger charge is 2.16. The van der Waals surface area contributed by atoms with E-state index in [1.54, 1.807) is 28.8 Å². The van der Waals surface area contributed by atoms with Crippen LogP contribution in [0.2, 0.25) is 0 Å². The van der Waals surface area contributed by atoms with Gasteiger partial charge in [-0.05, 0) is 54.6 Å². The minimum absolute atomic E-state index is 0.107. The van der Waals surface area contributed by atoms with Gasteiger partial charge >= 0.3 is 5.97 Å². The average Bonchev–Trinajstić information content (AvgIpc) is 3.48. The third-order valence-corrected chi connectivity index (χ3v) is 5.74. The Balaban J connectivity index is 1.28. The van der Waals surface area contributed by atoms with Crippen LogP contribution in [0.15, 0.2) is 59.8 Å². The standard InChI is InChI=1S/C22H17N5O5S/c1-30-21(29)13-2-5-15(6-3-13)23-20(28)11-33-22-25-24-19-9-7-16(26-27(19)22)14-4-8-17-18(10-14)32-12-31-17/h2-10H,11-12H2,1H3,(H,23,28). The van der Waals surface area contributed by atoms with Crippen LogP contribution in [0.1, 0.15) is 10.4 Å². The second kappa shape index (κ2) is 8.79. The Morgan fingerprint density at radius 2 is 1.88 bits per heavy atom. The van der Waals surface area contributed by atoms with Crippen molar-refractivity contribution in [3.05, 3.63) is 60.2 Å². The molecular formula is C22H17N5O5S. The number of aromatic nitrogens is 4. The molecule has 0 radical (unpaired) electrons. The van der Waals surface area contributed by atoms with E-state index >= 15 is 0 Å². The average molecular weight is 463 g/mol. The van der Waals surface area contributed by atoms with E-state index in [1.165, 1.54) is 18.9 Å².